The first-order valence-corrected chi connectivity index (χ1v) is 11.9. The van der Waals surface area contributed by atoms with E-state index in [9.17, 15) is 4.79 Å². The first-order chi connectivity index (χ1) is 17.2. The predicted molar refractivity (Wildman–Crippen MR) is 131 cm³/mol. The number of nitrogens with one attached hydrogen (secondary N) is 1. The van der Waals surface area contributed by atoms with E-state index < -0.39 is 0 Å². The molecule has 0 aliphatic rings. The van der Waals surface area contributed by atoms with Crippen LogP contribution in [0.15, 0.2) is 99.3 Å². The second-order valence-electron chi connectivity index (χ2n) is 7.50. The molecule has 5 rings (SSSR count). The van der Waals surface area contributed by atoms with Crippen molar-refractivity contribution in [3.63, 3.8) is 0 Å². The fourth-order valence-electron chi connectivity index (χ4n) is 3.65. The molecule has 0 bridgehead atoms. The zero-order valence-corrected chi connectivity index (χ0v) is 19.7. The number of methoxy groups -OCH3 is 1. The van der Waals surface area contributed by atoms with Crippen LogP contribution in [-0.4, -0.2) is 27.8 Å². The van der Waals surface area contributed by atoms with Crippen molar-refractivity contribution in [2.24, 2.45) is 0 Å². The van der Waals surface area contributed by atoms with Crippen molar-refractivity contribution < 1.29 is 18.4 Å². The van der Waals surface area contributed by atoms with Crippen molar-refractivity contribution in [3.05, 3.63) is 102 Å². The van der Waals surface area contributed by atoms with Crippen molar-refractivity contribution in [3.8, 4) is 23.0 Å². The minimum Gasteiger partial charge on any atom is -0.495 e. The summed E-state index contributed by atoms with van der Waals surface area (Å²) in [4.78, 5) is 12.9. The second-order valence-corrected chi connectivity index (χ2v) is 8.44. The number of hydrogen-bond donors (Lipinski definition) is 1. The minimum atomic E-state index is -0.167. The van der Waals surface area contributed by atoms with Gasteiger partial charge in [0.15, 0.2) is 10.9 Å². The Morgan fingerprint density at radius 1 is 0.971 bits per heavy atom. The highest BCUT2D eigenvalue weighted by atomic mass is 32.2. The van der Waals surface area contributed by atoms with E-state index >= 15 is 0 Å². The van der Waals surface area contributed by atoms with Gasteiger partial charge in [-0.2, -0.15) is 0 Å². The Labute approximate surface area is 205 Å². The third-order valence-electron chi connectivity index (χ3n) is 5.32. The molecule has 9 heteroatoms. The first kappa shape index (κ1) is 22.5. The van der Waals surface area contributed by atoms with Gasteiger partial charge in [-0.15, -0.1) is 10.2 Å². The van der Waals surface area contributed by atoms with Crippen LogP contribution in [0.25, 0.3) is 17.3 Å². The molecule has 0 unspecified atom stereocenters. The van der Waals surface area contributed by atoms with Crippen LogP contribution >= 0.6 is 11.8 Å². The van der Waals surface area contributed by atoms with Gasteiger partial charge >= 0.3 is 0 Å². The molecule has 0 saturated carbocycles. The Morgan fingerprint density at radius 2 is 1.77 bits per heavy atom. The molecule has 176 valence electrons. The predicted octanol–water partition coefficient (Wildman–Crippen LogP) is 5.35. The van der Waals surface area contributed by atoms with Crippen LogP contribution in [0.3, 0.4) is 0 Å². The second kappa shape index (κ2) is 10.4. The summed E-state index contributed by atoms with van der Waals surface area (Å²) >= 11 is 1.47. The largest absolute Gasteiger partial charge is 0.495 e. The molecule has 0 radical (unpaired) electrons. The molecule has 0 spiro atoms. The van der Waals surface area contributed by atoms with E-state index in [1.54, 1.807) is 31.8 Å². The first-order valence-electron chi connectivity index (χ1n) is 10.9. The maximum Gasteiger partial charge on any atom is 0.251 e. The summed E-state index contributed by atoms with van der Waals surface area (Å²) in [6.07, 6.45) is 3.18. The van der Waals surface area contributed by atoms with Crippen LogP contribution in [-0.2, 0) is 12.3 Å². The van der Waals surface area contributed by atoms with E-state index in [1.807, 2.05) is 65.2 Å². The van der Waals surface area contributed by atoms with Crippen molar-refractivity contribution in [1.29, 1.82) is 0 Å². The highest BCUT2D eigenvalue weighted by Gasteiger charge is 2.21. The summed E-state index contributed by atoms with van der Waals surface area (Å²) in [5.41, 5.74) is 2.27. The molecule has 2 aromatic carbocycles. The van der Waals surface area contributed by atoms with E-state index in [4.69, 9.17) is 13.6 Å². The number of benzene rings is 2. The molecule has 0 fully saturated rings. The quantitative estimate of drug-likeness (QED) is 0.281. The number of rotatable bonds is 9. The number of amides is 1. The summed E-state index contributed by atoms with van der Waals surface area (Å²) in [6.45, 7) is 0.321. The average molecular weight is 487 g/mol. The molecule has 35 heavy (non-hydrogen) atoms. The number of para-hydroxylation sites is 2. The maximum atomic E-state index is 12.9. The fourth-order valence-corrected chi connectivity index (χ4v) is 4.60. The monoisotopic (exact) mass is 486 g/mol. The van der Waals surface area contributed by atoms with Crippen LogP contribution < -0.4 is 10.1 Å². The van der Waals surface area contributed by atoms with Crippen LogP contribution in [0.1, 0.15) is 21.7 Å². The van der Waals surface area contributed by atoms with Crippen molar-refractivity contribution in [1.82, 2.24) is 20.1 Å². The Morgan fingerprint density at radius 3 is 2.57 bits per heavy atom. The minimum absolute atomic E-state index is 0.167. The SMILES string of the molecule is COc1ccccc1-n1c(SCc2ccccc2C(=O)NCc2ccco2)nnc1-c1ccco1. The molecule has 3 heterocycles. The van der Waals surface area contributed by atoms with E-state index in [1.165, 1.54) is 11.8 Å². The number of aromatic nitrogens is 3. The number of carbonyl (C=O) groups excluding carboxylic acids is 1. The zero-order chi connectivity index (χ0) is 24.0. The molecule has 3 aromatic heterocycles. The zero-order valence-electron chi connectivity index (χ0n) is 18.9. The Kier molecular flexibility index (Phi) is 6.67. The van der Waals surface area contributed by atoms with Crippen LogP contribution in [0.4, 0.5) is 0 Å². The number of furan rings is 2. The Bertz CT molecular complexity index is 1410. The van der Waals surface area contributed by atoms with Gasteiger partial charge in [-0.3, -0.25) is 9.36 Å². The summed E-state index contributed by atoms with van der Waals surface area (Å²) in [5.74, 6) is 2.87. The third-order valence-corrected chi connectivity index (χ3v) is 6.30. The molecule has 5 aromatic rings. The third kappa shape index (κ3) is 4.85. The van der Waals surface area contributed by atoms with Gasteiger partial charge in [0, 0.05) is 11.3 Å². The topological polar surface area (TPSA) is 95.3 Å². The molecule has 1 N–H and O–H groups in total. The lowest BCUT2D eigenvalue weighted by Crippen LogP contribution is -2.23. The van der Waals surface area contributed by atoms with Gasteiger partial charge < -0.3 is 18.9 Å². The smallest absolute Gasteiger partial charge is 0.251 e. The highest BCUT2D eigenvalue weighted by Crippen LogP contribution is 2.34. The van der Waals surface area contributed by atoms with Gasteiger partial charge in [0.1, 0.15) is 11.5 Å². The van der Waals surface area contributed by atoms with Gasteiger partial charge in [-0.1, -0.05) is 42.1 Å². The van der Waals surface area contributed by atoms with Gasteiger partial charge in [0.05, 0.1) is 31.9 Å². The molecule has 8 nitrogen and oxygen atoms in total. The van der Waals surface area contributed by atoms with Crippen molar-refractivity contribution in [2.45, 2.75) is 17.5 Å². The van der Waals surface area contributed by atoms with Gasteiger partial charge in [-0.25, -0.2) is 0 Å². The average Bonchev–Trinajstić information content (AvgIpc) is 3.68. The maximum absolute atomic E-state index is 12.9. The number of nitrogens with zero attached hydrogens (tertiary/aromatic N) is 3. The lowest BCUT2D eigenvalue weighted by molar-refractivity contribution is 0.0947. The lowest BCUT2D eigenvalue weighted by Gasteiger charge is -2.13. The van der Waals surface area contributed by atoms with Crippen LogP contribution in [0, 0.1) is 0 Å². The standard InChI is InChI=1S/C26H22N4O4S/c1-32-22-12-5-4-11-21(22)30-24(23-13-7-15-34-23)28-29-26(30)35-17-18-8-2-3-10-20(18)25(31)27-16-19-9-6-14-33-19/h2-15H,16-17H2,1H3,(H,27,31). The lowest BCUT2D eigenvalue weighted by atomic mass is 10.1. The van der Waals surface area contributed by atoms with E-state index in [0.29, 0.717) is 46.1 Å². The summed E-state index contributed by atoms with van der Waals surface area (Å²) in [5, 5.41) is 12.4. The summed E-state index contributed by atoms with van der Waals surface area (Å²) in [6, 6.07) is 22.4. The van der Waals surface area contributed by atoms with E-state index in [0.717, 1.165) is 11.3 Å². The van der Waals surface area contributed by atoms with E-state index in [2.05, 4.69) is 15.5 Å². The van der Waals surface area contributed by atoms with E-state index in [-0.39, 0.29) is 5.91 Å². The molecular formula is C26H22N4O4S. The summed E-state index contributed by atoms with van der Waals surface area (Å²) < 4.78 is 18.4. The van der Waals surface area contributed by atoms with Crippen molar-refractivity contribution in [2.75, 3.05) is 7.11 Å². The van der Waals surface area contributed by atoms with Gasteiger partial charge in [-0.05, 0) is 48.0 Å². The molecule has 0 saturated heterocycles. The Hall–Kier alpha value is -4.24. The van der Waals surface area contributed by atoms with Crippen LogP contribution in [0.2, 0.25) is 0 Å². The van der Waals surface area contributed by atoms with Gasteiger partial charge in [0.25, 0.3) is 5.91 Å². The highest BCUT2D eigenvalue weighted by molar-refractivity contribution is 7.98. The Balaban J connectivity index is 1.42. The fraction of sp³-hybridized carbons (Fsp3) is 0.115. The van der Waals surface area contributed by atoms with Crippen LogP contribution in [0.5, 0.6) is 5.75 Å². The van der Waals surface area contributed by atoms with Gasteiger partial charge in [0.2, 0.25) is 5.82 Å². The normalized spacial score (nSPS) is 10.9. The number of thioether (sulfide) groups is 1. The molecule has 1 amide bonds. The summed E-state index contributed by atoms with van der Waals surface area (Å²) in [7, 11) is 1.63. The molecule has 0 aliphatic carbocycles. The molecule has 0 atom stereocenters. The molecular weight excluding hydrogens is 464 g/mol. The number of carbonyl (C=O) groups is 1. The number of ether oxygens (including phenoxy) is 1. The van der Waals surface area contributed by atoms with Crippen molar-refractivity contribution >= 4 is 17.7 Å². The number of hydrogen-bond acceptors (Lipinski definition) is 7. The molecule has 0 aliphatic heterocycles.